The van der Waals surface area contributed by atoms with Gasteiger partial charge in [0.05, 0.1) is 19.3 Å². The van der Waals surface area contributed by atoms with Crippen LogP contribution in [0.25, 0.3) is 0 Å². The first-order valence-electron chi connectivity index (χ1n) is 6.74. The highest BCUT2D eigenvalue weighted by molar-refractivity contribution is 14.0. The second kappa shape index (κ2) is 8.82. The minimum absolute atomic E-state index is 0. The fraction of sp³-hybridized carbons (Fsp3) is 0.467. The third kappa shape index (κ3) is 7.48. The second-order valence-corrected chi connectivity index (χ2v) is 5.79. The zero-order valence-corrected chi connectivity index (χ0v) is 16.0. The smallest absolute Gasteiger partial charge is 0.221 e. The number of halogens is 1. The molecular weight excluding hydrogens is 395 g/mol. The molecule has 7 heteroatoms. The Kier molecular flexibility index (Phi) is 8.21. The van der Waals surface area contributed by atoms with E-state index in [0.29, 0.717) is 23.9 Å². The van der Waals surface area contributed by atoms with Gasteiger partial charge in [-0.25, -0.2) is 4.99 Å². The maximum atomic E-state index is 11.2. The maximum absolute atomic E-state index is 11.2. The predicted molar refractivity (Wildman–Crippen MR) is 101 cm³/mol. The van der Waals surface area contributed by atoms with Crippen molar-refractivity contribution in [1.29, 1.82) is 0 Å². The van der Waals surface area contributed by atoms with Crippen LogP contribution in [0.3, 0.4) is 0 Å². The van der Waals surface area contributed by atoms with Crippen molar-refractivity contribution in [3.63, 3.8) is 0 Å². The van der Waals surface area contributed by atoms with Crippen molar-refractivity contribution in [2.45, 2.75) is 39.8 Å². The molecule has 0 radical (unpaired) electrons. The zero-order valence-electron chi connectivity index (χ0n) is 13.7. The van der Waals surface area contributed by atoms with Crippen molar-refractivity contribution >= 4 is 41.5 Å². The molecule has 1 rings (SSSR count). The number of aliphatic imine (C=N–C) groups is 1. The molecule has 0 heterocycles. The second-order valence-electron chi connectivity index (χ2n) is 5.79. The molecule has 4 N–H and O–H groups in total. The van der Waals surface area contributed by atoms with Crippen molar-refractivity contribution in [2.75, 3.05) is 12.4 Å². The van der Waals surface area contributed by atoms with Crippen LogP contribution >= 0.6 is 24.0 Å². The number of methoxy groups -OCH3 is 1. The van der Waals surface area contributed by atoms with Crippen molar-refractivity contribution in [2.24, 2.45) is 10.7 Å². The van der Waals surface area contributed by atoms with E-state index in [-0.39, 0.29) is 35.4 Å². The number of carbonyl (C=O) groups is 1. The average molecular weight is 420 g/mol. The topological polar surface area (TPSA) is 88.7 Å². The molecule has 0 unspecified atom stereocenters. The van der Waals surface area contributed by atoms with E-state index < -0.39 is 0 Å². The summed E-state index contributed by atoms with van der Waals surface area (Å²) in [5, 5.41) is 5.82. The molecule has 1 aromatic carbocycles. The minimum atomic E-state index is -0.150. The highest BCUT2D eigenvalue weighted by Crippen LogP contribution is 2.25. The Bertz CT molecular complexity index is 539. The number of anilines is 1. The third-order valence-electron chi connectivity index (χ3n) is 2.51. The normalized spacial score (nSPS) is 11.4. The van der Waals surface area contributed by atoms with Gasteiger partial charge in [-0.2, -0.15) is 0 Å². The quantitative estimate of drug-likeness (QED) is 0.397. The number of nitrogens with two attached hydrogens (primary N) is 1. The Balaban J connectivity index is 0.00000441. The molecule has 1 amide bonds. The Morgan fingerprint density at radius 1 is 1.36 bits per heavy atom. The summed E-state index contributed by atoms with van der Waals surface area (Å²) in [6, 6.07) is 5.51. The van der Waals surface area contributed by atoms with E-state index in [4.69, 9.17) is 10.5 Å². The standard InChI is InChI=1S/C15H24N4O2.HI/c1-10(20)18-12-8-11(6-7-13(12)21-5)9-17-14(16)19-15(2,3)4;/h6-8H,9H2,1-5H3,(H,18,20)(H3,16,17,19);1H. The van der Waals surface area contributed by atoms with Crippen LogP contribution in [0.4, 0.5) is 5.69 Å². The van der Waals surface area contributed by atoms with Gasteiger partial charge in [-0.05, 0) is 38.5 Å². The molecule has 0 saturated heterocycles. The molecule has 0 aliphatic rings. The number of nitrogens with one attached hydrogen (secondary N) is 2. The summed E-state index contributed by atoms with van der Waals surface area (Å²) in [7, 11) is 1.56. The molecule has 0 saturated carbocycles. The first kappa shape index (κ1) is 20.5. The summed E-state index contributed by atoms with van der Waals surface area (Å²) in [6.07, 6.45) is 0. The molecule has 0 spiro atoms. The summed E-state index contributed by atoms with van der Waals surface area (Å²) in [6.45, 7) is 7.91. The number of hydrogen-bond donors (Lipinski definition) is 3. The van der Waals surface area contributed by atoms with Gasteiger partial charge in [0.25, 0.3) is 0 Å². The fourth-order valence-electron chi connectivity index (χ4n) is 1.74. The lowest BCUT2D eigenvalue weighted by atomic mass is 10.1. The molecule has 0 aromatic heterocycles. The lowest BCUT2D eigenvalue weighted by Crippen LogP contribution is -2.44. The molecule has 6 nitrogen and oxygen atoms in total. The number of amides is 1. The van der Waals surface area contributed by atoms with Gasteiger partial charge >= 0.3 is 0 Å². The molecule has 0 fully saturated rings. The highest BCUT2D eigenvalue weighted by Gasteiger charge is 2.10. The first-order chi connectivity index (χ1) is 9.71. The molecule has 0 bridgehead atoms. The van der Waals surface area contributed by atoms with Gasteiger partial charge < -0.3 is 21.1 Å². The van der Waals surface area contributed by atoms with E-state index in [2.05, 4.69) is 15.6 Å². The number of hydrogen-bond acceptors (Lipinski definition) is 3. The van der Waals surface area contributed by atoms with Crippen LogP contribution in [0.5, 0.6) is 5.75 Å². The van der Waals surface area contributed by atoms with Crippen molar-refractivity contribution < 1.29 is 9.53 Å². The Morgan fingerprint density at radius 2 is 2.00 bits per heavy atom. The summed E-state index contributed by atoms with van der Waals surface area (Å²) in [5.74, 6) is 0.848. The number of carbonyl (C=O) groups excluding carboxylic acids is 1. The lowest BCUT2D eigenvalue weighted by molar-refractivity contribution is -0.114. The van der Waals surface area contributed by atoms with Gasteiger partial charge in [0, 0.05) is 12.5 Å². The Hall–Kier alpha value is -1.51. The number of nitrogens with zero attached hydrogens (tertiary/aromatic N) is 1. The SMILES string of the molecule is COc1ccc(CN=C(N)NC(C)(C)C)cc1NC(C)=O.I. The summed E-state index contributed by atoms with van der Waals surface area (Å²) in [4.78, 5) is 15.5. The molecule has 0 atom stereocenters. The lowest BCUT2D eigenvalue weighted by Gasteiger charge is -2.21. The number of ether oxygens (including phenoxy) is 1. The van der Waals surface area contributed by atoms with Crippen molar-refractivity contribution in [3.8, 4) is 5.75 Å². The van der Waals surface area contributed by atoms with Crippen LogP contribution in [0, 0.1) is 0 Å². The van der Waals surface area contributed by atoms with Gasteiger partial charge in [-0.15, -0.1) is 24.0 Å². The Labute approximate surface area is 148 Å². The molecular formula is C15H25IN4O2. The number of rotatable bonds is 4. The van der Waals surface area contributed by atoms with Crippen LogP contribution in [-0.2, 0) is 11.3 Å². The molecule has 124 valence electrons. The Morgan fingerprint density at radius 3 is 2.50 bits per heavy atom. The largest absolute Gasteiger partial charge is 0.495 e. The fourth-order valence-corrected chi connectivity index (χ4v) is 1.74. The predicted octanol–water partition coefficient (Wildman–Crippen LogP) is 2.47. The van der Waals surface area contributed by atoms with E-state index in [1.807, 2.05) is 32.9 Å². The van der Waals surface area contributed by atoms with Gasteiger partial charge in [-0.1, -0.05) is 6.07 Å². The number of guanidine groups is 1. The molecule has 1 aromatic rings. The maximum Gasteiger partial charge on any atom is 0.221 e. The summed E-state index contributed by atoms with van der Waals surface area (Å²) >= 11 is 0. The van der Waals surface area contributed by atoms with Crippen LogP contribution in [0.1, 0.15) is 33.3 Å². The minimum Gasteiger partial charge on any atom is -0.495 e. The van der Waals surface area contributed by atoms with Crippen molar-refractivity contribution in [1.82, 2.24) is 5.32 Å². The van der Waals surface area contributed by atoms with E-state index in [1.54, 1.807) is 13.2 Å². The molecule has 0 aliphatic heterocycles. The van der Waals surface area contributed by atoms with Crippen LogP contribution in [0.2, 0.25) is 0 Å². The molecule has 0 aliphatic carbocycles. The summed E-state index contributed by atoms with van der Waals surface area (Å²) < 4.78 is 5.21. The van der Waals surface area contributed by atoms with Gasteiger partial charge in [0.1, 0.15) is 5.75 Å². The van der Waals surface area contributed by atoms with E-state index >= 15 is 0 Å². The van der Waals surface area contributed by atoms with Crippen LogP contribution in [0.15, 0.2) is 23.2 Å². The van der Waals surface area contributed by atoms with Gasteiger partial charge in [0.2, 0.25) is 5.91 Å². The van der Waals surface area contributed by atoms with E-state index in [1.165, 1.54) is 6.92 Å². The third-order valence-corrected chi connectivity index (χ3v) is 2.51. The van der Waals surface area contributed by atoms with E-state index in [0.717, 1.165) is 5.56 Å². The highest BCUT2D eigenvalue weighted by atomic mass is 127. The van der Waals surface area contributed by atoms with Gasteiger partial charge in [0.15, 0.2) is 5.96 Å². The van der Waals surface area contributed by atoms with Crippen LogP contribution in [-0.4, -0.2) is 24.5 Å². The summed E-state index contributed by atoms with van der Waals surface area (Å²) in [5.41, 5.74) is 7.25. The zero-order chi connectivity index (χ0) is 16.0. The number of benzene rings is 1. The van der Waals surface area contributed by atoms with Crippen molar-refractivity contribution in [3.05, 3.63) is 23.8 Å². The monoisotopic (exact) mass is 420 g/mol. The molecule has 22 heavy (non-hydrogen) atoms. The average Bonchev–Trinajstić information content (AvgIpc) is 2.34. The van der Waals surface area contributed by atoms with Gasteiger partial charge in [-0.3, -0.25) is 4.79 Å². The van der Waals surface area contributed by atoms with E-state index in [9.17, 15) is 4.79 Å². The first-order valence-corrected chi connectivity index (χ1v) is 6.74. The van der Waals surface area contributed by atoms with Crippen LogP contribution < -0.4 is 21.1 Å².